The van der Waals surface area contributed by atoms with Crippen LogP contribution in [0.3, 0.4) is 0 Å². The Morgan fingerprint density at radius 1 is 1.03 bits per heavy atom. The molecule has 6 rings (SSSR count). The van der Waals surface area contributed by atoms with E-state index in [1.54, 1.807) is 0 Å². The number of nitrogens with one attached hydrogen (secondary N) is 3. The van der Waals surface area contributed by atoms with E-state index in [-0.39, 0.29) is 5.41 Å². The summed E-state index contributed by atoms with van der Waals surface area (Å²) in [5.74, 6) is 0. The van der Waals surface area contributed by atoms with Gasteiger partial charge in [-0.2, -0.15) is 5.10 Å². The first-order valence-corrected chi connectivity index (χ1v) is 12.1. The van der Waals surface area contributed by atoms with Gasteiger partial charge in [0.05, 0.1) is 23.3 Å². The number of nitrogens with zero attached hydrogens (tertiary/aromatic N) is 3. The first kappa shape index (κ1) is 22.0. The van der Waals surface area contributed by atoms with Crippen LogP contribution >= 0.6 is 0 Å². The number of allylic oxidation sites excluding steroid dienone is 5. The SMILES string of the molecule is C=C(Nc1cncc(-c2cnc3n[nH]c(-c4cc5c(C6=CCC=C6)cccc5[nH]4)c3c2)c1)C(C)(C)C. The average Bonchev–Trinajstić information content (AvgIpc) is 3.62. The Kier molecular flexibility index (Phi) is 5.11. The van der Waals surface area contributed by atoms with E-state index in [9.17, 15) is 0 Å². The molecule has 0 bridgehead atoms. The molecule has 36 heavy (non-hydrogen) atoms. The Bertz CT molecular complexity index is 1690. The summed E-state index contributed by atoms with van der Waals surface area (Å²) < 4.78 is 0. The van der Waals surface area contributed by atoms with E-state index in [0.29, 0.717) is 5.65 Å². The Hall–Kier alpha value is -4.45. The topological polar surface area (TPSA) is 82.3 Å². The Labute approximate surface area is 209 Å². The van der Waals surface area contributed by atoms with E-state index in [1.165, 1.54) is 16.5 Å². The minimum Gasteiger partial charge on any atom is -0.358 e. The lowest BCUT2D eigenvalue weighted by molar-refractivity contribution is 0.509. The monoisotopic (exact) mass is 472 g/mol. The van der Waals surface area contributed by atoms with E-state index in [2.05, 4.69) is 112 Å². The minimum absolute atomic E-state index is 0.0494. The number of hydrogen-bond acceptors (Lipinski definition) is 4. The Balaban J connectivity index is 1.39. The number of aromatic nitrogens is 5. The molecule has 0 amide bonds. The third-order valence-electron chi connectivity index (χ3n) is 6.70. The van der Waals surface area contributed by atoms with Crippen molar-refractivity contribution in [3.63, 3.8) is 0 Å². The second-order valence-corrected chi connectivity index (χ2v) is 10.3. The highest BCUT2D eigenvalue weighted by atomic mass is 15.2. The molecular weight excluding hydrogens is 444 g/mol. The zero-order chi connectivity index (χ0) is 24.9. The van der Waals surface area contributed by atoms with Gasteiger partial charge in [0.2, 0.25) is 0 Å². The first-order chi connectivity index (χ1) is 17.4. The molecule has 6 nitrogen and oxygen atoms in total. The summed E-state index contributed by atoms with van der Waals surface area (Å²) in [5, 5.41) is 13.2. The largest absolute Gasteiger partial charge is 0.358 e. The van der Waals surface area contributed by atoms with Gasteiger partial charge < -0.3 is 10.3 Å². The van der Waals surface area contributed by atoms with Crippen molar-refractivity contribution in [2.24, 2.45) is 5.41 Å². The second kappa shape index (κ2) is 8.34. The predicted octanol–water partition coefficient (Wildman–Crippen LogP) is 7.48. The van der Waals surface area contributed by atoms with Gasteiger partial charge in [-0.15, -0.1) is 0 Å². The highest BCUT2D eigenvalue weighted by molar-refractivity contribution is 6.00. The normalized spacial score (nSPS) is 13.5. The van der Waals surface area contributed by atoms with Crippen molar-refractivity contribution in [2.75, 3.05) is 5.32 Å². The number of H-pyrrole nitrogens is 2. The molecule has 4 aromatic heterocycles. The van der Waals surface area contributed by atoms with Crippen LogP contribution < -0.4 is 5.32 Å². The number of hydrogen-bond donors (Lipinski definition) is 3. The lowest BCUT2D eigenvalue weighted by Gasteiger charge is -2.23. The summed E-state index contributed by atoms with van der Waals surface area (Å²) in [7, 11) is 0. The van der Waals surface area contributed by atoms with Gasteiger partial charge in [0.25, 0.3) is 0 Å². The molecule has 0 saturated carbocycles. The van der Waals surface area contributed by atoms with Crippen molar-refractivity contribution in [3.8, 4) is 22.5 Å². The highest BCUT2D eigenvalue weighted by Gasteiger charge is 2.17. The van der Waals surface area contributed by atoms with Gasteiger partial charge in [-0.25, -0.2) is 4.98 Å². The fourth-order valence-corrected chi connectivity index (χ4v) is 4.49. The van der Waals surface area contributed by atoms with E-state index in [4.69, 9.17) is 0 Å². The molecule has 0 saturated heterocycles. The third-order valence-corrected chi connectivity index (χ3v) is 6.70. The van der Waals surface area contributed by atoms with Crippen LogP contribution in [0.2, 0.25) is 0 Å². The molecule has 0 spiro atoms. The van der Waals surface area contributed by atoms with Crippen molar-refractivity contribution < 1.29 is 0 Å². The zero-order valence-corrected chi connectivity index (χ0v) is 20.7. The van der Waals surface area contributed by atoms with Crippen molar-refractivity contribution in [2.45, 2.75) is 27.2 Å². The van der Waals surface area contributed by atoms with Crippen LogP contribution in [-0.4, -0.2) is 25.1 Å². The lowest BCUT2D eigenvalue weighted by Crippen LogP contribution is -2.15. The molecule has 178 valence electrons. The van der Waals surface area contributed by atoms with Crippen LogP contribution in [0.1, 0.15) is 32.8 Å². The fraction of sp³-hybridized carbons (Fsp3) is 0.167. The van der Waals surface area contributed by atoms with Gasteiger partial charge in [0, 0.05) is 50.9 Å². The van der Waals surface area contributed by atoms with Crippen LogP contribution in [0, 0.1) is 5.41 Å². The molecule has 3 N–H and O–H groups in total. The van der Waals surface area contributed by atoms with Crippen molar-refractivity contribution in [1.82, 2.24) is 25.1 Å². The molecule has 1 aromatic carbocycles. The first-order valence-electron chi connectivity index (χ1n) is 12.1. The summed E-state index contributed by atoms with van der Waals surface area (Å²) in [6.45, 7) is 10.6. The molecule has 4 heterocycles. The van der Waals surface area contributed by atoms with Gasteiger partial charge in [-0.1, -0.05) is 57.7 Å². The van der Waals surface area contributed by atoms with Crippen LogP contribution in [0.25, 0.3) is 50.0 Å². The molecule has 0 radical (unpaired) electrons. The number of benzene rings is 1. The summed E-state index contributed by atoms with van der Waals surface area (Å²) in [6.07, 6.45) is 13.1. The molecule has 0 fully saturated rings. The molecule has 5 aromatic rings. The van der Waals surface area contributed by atoms with Crippen molar-refractivity contribution in [3.05, 3.63) is 91.1 Å². The zero-order valence-electron chi connectivity index (χ0n) is 20.7. The van der Waals surface area contributed by atoms with E-state index in [0.717, 1.165) is 51.2 Å². The van der Waals surface area contributed by atoms with Gasteiger partial charge in [-0.05, 0) is 41.8 Å². The minimum atomic E-state index is -0.0494. The van der Waals surface area contributed by atoms with Crippen LogP contribution in [-0.2, 0) is 0 Å². The number of pyridine rings is 2. The summed E-state index contributed by atoms with van der Waals surface area (Å²) in [5.41, 5.74) is 9.91. The van der Waals surface area contributed by atoms with Crippen molar-refractivity contribution in [1.29, 1.82) is 0 Å². The molecule has 1 aliphatic rings. The molecule has 6 heteroatoms. The summed E-state index contributed by atoms with van der Waals surface area (Å²) >= 11 is 0. The summed E-state index contributed by atoms with van der Waals surface area (Å²) in [4.78, 5) is 12.7. The lowest BCUT2D eigenvalue weighted by atomic mass is 9.93. The number of aromatic amines is 2. The smallest absolute Gasteiger partial charge is 0.181 e. The number of anilines is 1. The van der Waals surface area contributed by atoms with Crippen LogP contribution in [0.4, 0.5) is 5.69 Å². The molecule has 0 aliphatic heterocycles. The molecule has 0 unspecified atom stereocenters. The quantitative estimate of drug-likeness (QED) is 0.248. The predicted molar refractivity (Wildman–Crippen MR) is 148 cm³/mol. The maximum Gasteiger partial charge on any atom is 0.181 e. The Morgan fingerprint density at radius 3 is 2.69 bits per heavy atom. The standard InChI is InChI=1S/C30H28N6/c1-18(30(2,3)4)33-22-12-20(15-31-17-22)21-13-25-28(35-36-29(25)32-16-21)27-14-24-23(19-8-5-6-9-19)10-7-11-26(24)34-27/h5,7-17,33-34H,1,6H2,2-4H3,(H,32,35,36). The molecule has 0 atom stereocenters. The van der Waals surface area contributed by atoms with E-state index in [1.807, 2.05) is 18.6 Å². The fourth-order valence-electron chi connectivity index (χ4n) is 4.49. The third kappa shape index (κ3) is 3.90. The maximum atomic E-state index is 4.63. The van der Waals surface area contributed by atoms with Crippen LogP contribution in [0.5, 0.6) is 0 Å². The number of rotatable bonds is 5. The van der Waals surface area contributed by atoms with Gasteiger partial charge >= 0.3 is 0 Å². The second-order valence-electron chi connectivity index (χ2n) is 10.3. The summed E-state index contributed by atoms with van der Waals surface area (Å²) in [6, 6.07) is 12.8. The van der Waals surface area contributed by atoms with Gasteiger partial charge in [0.1, 0.15) is 0 Å². The average molecular weight is 473 g/mol. The molecular formula is C30H28N6. The Morgan fingerprint density at radius 2 is 1.89 bits per heavy atom. The van der Waals surface area contributed by atoms with Crippen LogP contribution in [0.15, 0.2) is 85.5 Å². The van der Waals surface area contributed by atoms with E-state index >= 15 is 0 Å². The maximum absolute atomic E-state index is 4.63. The molecule has 1 aliphatic carbocycles. The van der Waals surface area contributed by atoms with Gasteiger partial charge in [-0.3, -0.25) is 10.1 Å². The van der Waals surface area contributed by atoms with Gasteiger partial charge in [0.15, 0.2) is 5.65 Å². The number of fused-ring (bicyclic) bond motifs is 2. The van der Waals surface area contributed by atoms with E-state index < -0.39 is 0 Å². The van der Waals surface area contributed by atoms with Crippen molar-refractivity contribution >= 4 is 33.2 Å². The highest BCUT2D eigenvalue weighted by Crippen LogP contribution is 2.35.